The highest BCUT2D eigenvalue weighted by atomic mass is 16.5. The fourth-order valence-electron chi connectivity index (χ4n) is 4.94. The van der Waals surface area contributed by atoms with Crippen LogP contribution in [-0.2, 0) is 0 Å². The van der Waals surface area contributed by atoms with Gasteiger partial charge in [0, 0.05) is 49.5 Å². The zero-order valence-electron chi connectivity index (χ0n) is 19.7. The molecular formula is C27H26N4O4. The van der Waals surface area contributed by atoms with E-state index in [1.165, 1.54) is 6.26 Å². The van der Waals surface area contributed by atoms with Gasteiger partial charge in [0.1, 0.15) is 5.52 Å². The average Bonchev–Trinajstić information content (AvgIpc) is 3.57. The molecule has 0 radical (unpaired) electrons. The number of piperazine rings is 1. The van der Waals surface area contributed by atoms with Crippen molar-refractivity contribution in [3.63, 3.8) is 0 Å². The van der Waals surface area contributed by atoms with Crippen LogP contribution in [0.4, 0.5) is 11.4 Å². The molecule has 0 saturated carbocycles. The maximum atomic E-state index is 13.6. The van der Waals surface area contributed by atoms with Crippen LogP contribution in [0, 0.1) is 5.92 Å². The summed E-state index contributed by atoms with van der Waals surface area (Å²) in [5.74, 6) is 1.27. The molecule has 0 bridgehead atoms. The number of carbonyl (C=O) groups is 2. The monoisotopic (exact) mass is 470 g/mol. The van der Waals surface area contributed by atoms with Crippen molar-refractivity contribution in [2.75, 3.05) is 42.9 Å². The Morgan fingerprint density at radius 2 is 1.86 bits per heavy atom. The van der Waals surface area contributed by atoms with Gasteiger partial charge in [0.05, 0.1) is 22.9 Å². The molecule has 0 atom stereocenters. The van der Waals surface area contributed by atoms with Crippen LogP contribution in [0.2, 0.25) is 0 Å². The lowest BCUT2D eigenvalue weighted by atomic mass is 9.86. The number of amides is 1. The van der Waals surface area contributed by atoms with E-state index in [-0.39, 0.29) is 11.7 Å². The van der Waals surface area contributed by atoms with Crippen LogP contribution in [0.3, 0.4) is 0 Å². The second kappa shape index (κ2) is 8.30. The molecule has 1 fully saturated rings. The molecule has 1 amide bonds. The molecule has 178 valence electrons. The molecule has 1 saturated heterocycles. The van der Waals surface area contributed by atoms with Crippen LogP contribution in [0.5, 0.6) is 0 Å². The molecule has 8 nitrogen and oxygen atoms in total. The first kappa shape index (κ1) is 21.5. The second-order valence-electron chi connectivity index (χ2n) is 9.46. The van der Waals surface area contributed by atoms with E-state index in [0.29, 0.717) is 60.3 Å². The van der Waals surface area contributed by atoms with Crippen molar-refractivity contribution >= 4 is 34.0 Å². The van der Waals surface area contributed by atoms with Crippen LogP contribution in [0.1, 0.15) is 40.3 Å². The number of fused-ring (bicyclic) bond motifs is 2. The number of hydrogen-bond acceptors (Lipinski definition) is 7. The highest BCUT2D eigenvalue weighted by Gasteiger charge is 2.34. The van der Waals surface area contributed by atoms with E-state index in [2.05, 4.69) is 29.2 Å². The van der Waals surface area contributed by atoms with E-state index in [1.54, 1.807) is 17.0 Å². The molecule has 35 heavy (non-hydrogen) atoms. The van der Waals surface area contributed by atoms with E-state index in [9.17, 15) is 9.59 Å². The van der Waals surface area contributed by atoms with Crippen LogP contribution < -0.4 is 10.2 Å². The topological polar surface area (TPSA) is 91.8 Å². The van der Waals surface area contributed by atoms with Crippen molar-refractivity contribution in [3.05, 3.63) is 65.6 Å². The molecule has 4 aromatic rings. The Hall–Kier alpha value is -4.07. The lowest BCUT2D eigenvalue weighted by Gasteiger charge is -2.36. The van der Waals surface area contributed by atoms with Gasteiger partial charge in [-0.05, 0) is 24.1 Å². The van der Waals surface area contributed by atoms with Crippen molar-refractivity contribution in [3.8, 4) is 11.3 Å². The van der Waals surface area contributed by atoms with Crippen molar-refractivity contribution in [1.29, 1.82) is 0 Å². The van der Waals surface area contributed by atoms with Gasteiger partial charge < -0.3 is 24.1 Å². The van der Waals surface area contributed by atoms with Crippen LogP contribution >= 0.6 is 0 Å². The summed E-state index contributed by atoms with van der Waals surface area (Å²) in [4.78, 5) is 30.3. The standard InChI is InChI=1S/C27H26N4O4/c1-16(2)15-28-19-14-20(30-9-11-31(12-10-30)27(33)21-8-5-13-34-21)24-23-22(19)25(32)17-6-3-4-7-18(17)26(23)35-29-24/h3-8,13-14,16,28H,9-12,15H2,1-2H3. The largest absolute Gasteiger partial charge is 0.459 e. The smallest absolute Gasteiger partial charge is 0.289 e. The number of furan rings is 1. The molecule has 3 heterocycles. The Balaban J connectivity index is 1.40. The second-order valence-corrected chi connectivity index (χ2v) is 9.46. The molecule has 2 aromatic heterocycles. The van der Waals surface area contributed by atoms with Gasteiger partial charge in [-0.1, -0.05) is 43.3 Å². The predicted octanol–water partition coefficient (Wildman–Crippen LogP) is 4.66. The van der Waals surface area contributed by atoms with Crippen molar-refractivity contribution in [2.45, 2.75) is 13.8 Å². The van der Waals surface area contributed by atoms with Crippen LogP contribution in [0.15, 0.2) is 57.7 Å². The van der Waals surface area contributed by atoms with Gasteiger partial charge >= 0.3 is 0 Å². The van der Waals surface area contributed by atoms with E-state index in [4.69, 9.17) is 8.94 Å². The summed E-state index contributed by atoms with van der Waals surface area (Å²) >= 11 is 0. The third-order valence-corrected chi connectivity index (χ3v) is 6.72. The third kappa shape index (κ3) is 3.48. The lowest BCUT2D eigenvalue weighted by molar-refractivity contribution is 0.0714. The molecule has 6 rings (SSSR count). The molecule has 1 aliphatic carbocycles. The Labute approximate surface area is 202 Å². The molecule has 0 spiro atoms. The maximum Gasteiger partial charge on any atom is 0.289 e. The molecule has 0 unspecified atom stereocenters. The number of ketones is 1. The van der Waals surface area contributed by atoms with Gasteiger partial charge in [0.15, 0.2) is 17.3 Å². The highest BCUT2D eigenvalue weighted by molar-refractivity contribution is 6.28. The minimum absolute atomic E-state index is 0.0204. The summed E-state index contributed by atoms with van der Waals surface area (Å²) in [6.07, 6.45) is 1.51. The third-order valence-electron chi connectivity index (χ3n) is 6.72. The van der Waals surface area contributed by atoms with E-state index in [1.807, 2.05) is 30.3 Å². The minimum atomic E-state index is -0.102. The summed E-state index contributed by atoms with van der Waals surface area (Å²) in [6.45, 7) is 7.39. The first-order chi connectivity index (χ1) is 17.0. The number of aromatic nitrogens is 1. The lowest BCUT2D eigenvalue weighted by Crippen LogP contribution is -2.48. The zero-order valence-corrected chi connectivity index (χ0v) is 19.7. The molecular weight excluding hydrogens is 444 g/mol. The molecule has 1 N–H and O–H groups in total. The quantitative estimate of drug-likeness (QED) is 0.399. The van der Waals surface area contributed by atoms with Crippen molar-refractivity contribution in [2.24, 2.45) is 5.92 Å². The SMILES string of the molecule is CC(C)CNc1cc(N2CCN(C(=O)c3ccco3)CC2)c2noc3c2c1C(=O)c1ccccc1-3. The molecule has 2 aliphatic rings. The van der Waals surface area contributed by atoms with Gasteiger partial charge in [0.2, 0.25) is 0 Å². The first-order valence-corrected chi connectivity index (χ1v) is 11.9. The van der Waals surface area contributed by atoms with Crippen LogP contribution in [0.25, 0.3) is 22.2 Å². The van der Waals surface area contributed by atoms with Gasteiger partial charge in [-0.2, -0.15) is 0 Å². The number of hydrogen-bond donors (Lipinski definition) is 1. The summed E-state index contributed by atoms with van der Waals surface area (Å²) in [6, 6.07) is 12.9. The maximum absolute atomic E-state index is 13.6. The number of nitrogens with one attached hydrogen (secondary N) is 1. The highest BCUT2D eigenvalue weighted by Crippen LogP contribution is 2.45. The van der Waals surface area contributed by atoms with Gasteiger partial charge in [-0.25, -0.2) is 0 Å². The summed E-state index contributed by atoms with van der Waals surface area (Å²) in [7, 11) is 0. The van der Waals surface area contributed by atoms with Gasteiger partial charge in [-0.15, -0.1) is 0 Å². The number of nitrogens with zero attached hydrogens (tertiary/aromatic N) is 3. The molecule has 8 heteroatoms. The first-order valence-electron chi connectivity index (χ1n) is 11.9. The Kier molecular flexibility index (Phi) is 5.09. The molecule has 1 aliphatic heterocycles. The summed E-state index contributed by atoms with van der Waals surface area (Å²) in [5, 5.41) is 8.69. The Morgan fingerprint density at radius 3 is 2.57 bits per heavy atom. The fraction of sp³-hybridized carbons (Fsp3) is 0.296. The predicted molar refractivity (Wildman–Crippen MR) is 133 cm³/mol. The average molecular weight is 471 g/mol. The fourth-order valence-corrected chi connectivity index (χ4v) is 4.94. The van der Waals surface area contributed by atoms with Crippen LogP contribution in [-0.4, -0.2) is 54.5 Å². The van der Waals surface area contributed by atoms with Gasteiger partial charge in [-0.3, -0.25) is 9.59 Å². The summed E-state index contributed by atoms with van der Waals surface area (Å²) in [5.41, 5.74) is 4.39. The van der Waals surface area contributed by atoms with E-state index in [0.717, 1.165) is 28.9 Å². The number of benzene rings is 2. The summed E-state index contributed by atoms with van der Waals surface area (Å²) < 4.78 is 11.1. The van der Waals surface area contributed by atoms with Gasteiger partial charge in [0.25, 0.3) is 5.91 Å². The Bertz CT molecular complexity index is 1430. The van der Waals surface area contributed by atoms with E-state index >= 15 is 0 Å². The molecule has 2 aromatic carbocycles. The normalized spacial score (nSPS) is 15.1. The van der Waals surface area contributed by atoms with Crippen molar-refractivity contribution < 1.29 is 18.5 Å². The van der Waals surface area contributed by atoms with E-state index < -0.39 is 0 Å². The zero-order chi connectivity index (χ0) is 24.1. The minimum Gasteiger partial charge on any atom is -0.459 e. The number of anilines is 2. The number of rotatable bonds is 5. The number of carbonyl (C=O) groups excluding carboxylic acids is 2. The van der Waals surface area contributed by atoms with Crippen molar-refractivity contribution in [1.82, 2.24) is 10.1 Å². The Morgan fingerprint density at radius 1 is 1.09 bits per heavy atom.